The van der Waals surface area contributed by atoms with Crippen molar-refractivity contribution in [2.24, 2.45) is 0 Å². The van der Waals surface area contributed by atoms with Gasteiger partial charge in [0.05, 0.1) is 28.5 Å². The normalized spacial score (nSPS) is 10.6. The molecule has 2 amide bonds. The van der Waals surface area contributed by atoms with Crippen LogP contribution in [0.4, 0.5) is 11.4 Å². The zero-order chi connectivity index (χ0) is 24.4. The third-order valence-corrected chi connectivity index (χ3v) is 5.77. The summed E-state index contributed by atoms with van der Waals surface area (Å²) in [5.41, 5.74) is 3.20. The molecule has 11 heteroatoms. The van der Waals surface area contributed by atoms with Gasteiger partial charge in [0, 0.05) is 21.0 Å². The van der Waals surface area contributed by atoms with Crippen molar-refractivity contribution in [2.45, 2.75) is 0 Å². The van der Waals surface area contributed by atoms with Gasteiger partial charge in [-0.05, 0) is 59.8 Å². The topological polar surface area (TPSA) is 152 Å². The van der Waals surface area contributed by atoms with Crippen LogP contribution in [0.1, 0.15) is 26.4 Å². The molecule has 0 bridgehead atoms. The fourth-order valence-electron chi connectivity index (χ4n) is 3.55. The molecule has 170 valence electrons. The lowest BCUT2D eigenvalue weighted by atomic mass is 10.1. The molecule has 35 heavy (non-hydrogen) atoms. The number of carbonyl (C=O) groups is 2. The van der Waals surface area contributed by atoms with Crippen LogP contribution < -0.4 is 10.6 Å². The maximum absolute atomic E-state index is 13.1. The van der Waals surface area contributed by atoms with Crippen molar-refractivity contribution in [3.63, 3.8) is 0 Å². The molecule has 0 aliphatic carbocycles. The van der Waals surface area contributed by atoms with Crippen LogP contribution in [0.5, 0.6) is 0 Å². The first-order chi connectivity index (χ1) is 17.0. The number of fused-ring (bicyclic) bond motifs is 1. The van der Waals surface area contributed by atoms with Crippen molar-refractivity contribution in [1.29, 1.82) is 5.26 Å². The Morgan fingerprint density at radius 3 is 2.49 bits per heavy atom. The number of H-pyrrole nitrogens is 2. The number of nitrogens with one attached hydrogen (secondary N) is 4. The van der Waals surface area contributed by atoms with Crippen molar-refractivity contribution in [1.82, 2.24) is 25.6 Å². The van der Waals surface area contributed by atoms with E-state index in [0.29, 0.717) is 33.6 Å². The molecular formula is C24H15BrN8O2. The van der Waals surface area contributed by atoms with Crippen LogP contribution in [0.3, 0.4) is 0 Å². The number of benzene rings is 3. The van der Waals surface area contributed by atoms with Crippen LogP contribution in [-0.2, 0) is 0 Å². The Morgan fingerprint density at radius 1 is 0.943 bits per heavy atom. The Balaban J connectivity index is 1.43. The van der Waals surface area contributed by atoms with Crippen molar-refractivity contribution in [3.8, 4) is 17.5 Å². The number of amides is 2. The molecule has 2 aromatic heterocycles. The number of hydrogen-bond donors (Lipinski definition) is 4. The molecule has 0 aliphatic rings. The Kier molecular flexibility index (Phi) is 5.78. The van der Waals surface area contributed by atoms with Crippen molar-refractivity contribution in [2.75, 3.05) is 10.6 Å². The van der Waals surface area contributed by atoms with Crippen LogP contribution >= 0.6 is 15.9 Å². The van der Waals surface area contributed by atoms with Crippen LogP contribution in [0, 0.1) is 11.3 Å². The third kappa shape index (κ3) is 4.50. The van der Waals surface area contributed by atoms with Gasteiger partial charge in [-0.2, -0.15) is 10.5 Å². The van der Waals surface area contributed by atoms with Crippen LogP contribution in [-0.4, -0.2) is 37.4 Å². The van der Waals surface area contributed by atoms with E-state index in [2.05, 4.69) is 58.2 Å². The summed E-state index contributed by atoms with van der Waals surface area (Å²) in [6.45, 7) is 0. The van der Waals surface area contributed by atoms with E-state index in [1.54, 1.807) is 60.7 Å². The number of aromatic amines is 2. The lowest BCUT2D eigenvalue weighted by Gasteiger charge is -2.09. The summed E-state index contributed by atoms with van der Waals surface area (Å²) < 4.78 is 0.876. The van der Waals surface area contributed by atoms with Gasteiger partial charge >= 0.3 is 0 Å². The monoisotopic (exact) mass is 526 g/mol. The standard InChI is InChI=1S/C24H15BrN8O2/c25-16-7-5-14(6-8-16)23(34)29-19-3-1-2-15-11-20(27-21(15)19)24(35)28-18-9-4-13(12-26)10-17(18)22-30-32-33-31-22/h1-11,27H,(H,28,35)(H,29,34)(H,30,31,32,33). The fourth-order valence-corrected chi connectivity index (χ4v) is 3.82. The molecule has 0 saturated carbocycles. The highest BCUT2D eigenvalue weighted by Crippen LogP contribution is 2.28. The SMILES string of the molecule is N#Cc1ccc(NC(=O)c2cc3cccc(NC(=O)c4ccc(Br)cc4)c3[nH]2)c(-c2nn[nH]n2)c1. The maximum atomic E-state index is 13.1. The minimum atomic E-state index is -0.416. The highest BCUT2D eigenvalue weighted by Gasteiger charge is 2.17. The molecule has 3 aromatic carbocycles. The Hall–Kier alpha value is -4.82. The van der Waals surface area contributed by atoms with E-state index in [9.17, 15) is 14.9 Å². The molecule has 0 aliphatic heterocycles. The van der Waals surface area contributed by atoms with E-state index in [-0.39, 0.29) is 17.4 Å². The third-order valence-electron chi connectivity index (χ3n) is 5.24. The van der Waals surface area contributed by atoms with Crippen molar-refractivity contribution in [3.05, 3.63) is 88.0 Å². The number of halogens is 1. The Morgan fingerprint density at radius 2 is 1.74 bits per heavy atom. The molecular weight excluding hydrogens is 512 g/mol. The summed E-state index contributed by atoms with van der Waals surface area (Å²) in [7, 11) is 0. The van der Waals surface area contributed by atoms with Crippen molar-refractivity contribution >= 4 is 50.0 Å². The van der Waals surface area contributed by atoms with E-state index in [4.69, 9.17) is 0 Å². The number of nitrogens with zero attached hydrogens (tertiary/aromatic N) is 4. The molecule has 0 saturated heterocycles. The number of anilines is 2. The predicted octanol–water partition coefficient (Wildman–Crippen LogP) is 4.49. The molecule has 0 atom stereocenters. The number of hydrogen-bond acceptors (Lipinski definition) is 6. The summed E-state index contributed by atoms with van der Waals surface area (Å²) in [6.07, 6.45) is 0. The van der Waals surface area contributed by atoms with Gasteiger partial charge in [-0.3, -0.25) is 9.59 Å². The zero-order valence-electron chi connectivity index (χ0n) is 17.8. The lowest BCUT2D eigenvalue weighted by Crippen LogP contribution is -2.13. The second-order valence-electron chi connectivity index (χ2n) is 7.48. The number of para-hydroxylation sites is 1. The van der Waals surface area contributed by atoms with E-state index in [1.165, 1.54) is 0 Å². The molecule has 4 N–H and O–H groups in total. The predicted molar refractivity (Wildman–Crippen MR) is 133 cm³/mol. The van der Waals surface area contributed by atoms with Crippen molar-refractivity contribution < 1.29 is 9.59 Å². The molecule has 0 radical (unpaired) electrons. The molecule has 0 fully saturated rings. The van der Waals surface area contributed by atoms with Gasteiger partial charge in [0.25, 0.3) is 11.8 Å². The minimum absolute atomic E-state index is 0.243. The average Bonchev–Trinajstić information content (AvgIpc) is 3.55. The smallest absolute Gasteiger partial charge is 0.272 e. The highest BCUT2D eigenvalue weighted by atomic mass is 79.9. The van der Waals surface area contributed by atoms with E-state index >= 15 is 0 Å². The first-order valence-corrected chi connectivity index (χ1v) is 11.1. The van der Waals surface area contributed by atoms with Crippen LogP contribution in [0.15, 0.2) is 71.2 Å². The number of aromatic nitrogens is 5. The van der Waals surface area contributed by atoms with Gasteiger partial charge in [-0.15, -0.1) is 10.2 Å². The molecule has 0 spiro atoms. The quantitative estimate of drug-likeness (QED) is 0.264. The number of nitriles is 1. The average molecular weight is 527 g/mol. The summed E-state index contributed by atoms with van der Waals surface area (Å²) in [5, 5.41) is 29.5. The van der Waals surface area contributed by atoms with Gasteiger partial charge < -0.3 is 15.6 Å². The second-order valence-corrected chi connectivity index (χ2v) is 8.39. The molecule has 10 nitrogen and oxygen atoms in total. The molecule has 5 aromatic rings. The Bertz CT molecular complexity index is 1600. The van der Waals surface area contributed by atoms with Crippen LogP contribution in [0.2, 0.25) is 0 Å². The summed E-state index contributed by atoms with van der Waals surface area (Å²) in [5.74, 6) is -0.444. The zero-order valence-corrected chi connectivity index (χ0v) is 19.4. The largest absolute Gasteiger partial charge is 0.349 e. The summed E-state index contributed by atoms with van der Waals surface area (Å²) >= 11 is 3.36. The van der Waals surface area contributed by atoms with E-state index < -0.39 is 5.91 Å². The van der Waals surface area contributed by atoms with Gasteiger partial charge in [-0.1, -0.05) is 28.1 Å². The van der Waals surface area contributed by atoms with E-state index in [0.717, 1.165) is 9.86 Å². The van der Waals surface area contributed by atoms with E-state index in [1.807, 2.05) is 6.07 Å². The van der Waals surface area contributed by atoms with Crippen LogP contribution in [0.25, 0.3) is 22.3 Å². The van der Waals surface area contributed by atoms with Gasteiger partial charge in [0.2, 0.25) is 5.82 Å². The Labute approximate surface area is 206 Å². The maximum Gasteiger partial charge on any atom is 0.272 e. The van der Waals surface area contributed by atoms with Gasteiger partial charge in [0.15, 0.2) is 0 Å². The molecule has 5 rings (SSSR count). The number of carbonyl (C=O) groups excluding carboxylic acids is 2. The lowest BCUT2D eigenvalue weighted by molar-refractivity contribution is 0.101. The number of rotatable bonds is 5. The fraction of sp³-hybridized carbons (Fsp3) is 0. The van der Waals surface area contributed by atoms with Gasteiger partial charge in [0.1, 0.15) is 5.69 Å². The first-order valence-electron chi connectivity index (χ1n) is 10.3. The molecule has 0 unspecified atom stereocenters. The summed E-state index contributed by atoms with van der Waals surface area (Å²) in [4.78, 5) is 28.9. The minimum Gasteiger partial charge on any atom is -0.349 e. The second kappa shape index (κ2) is 9.20. The summed E-state index contributed by atoms with van der Waals surface area (Å²) in [6, 6.07) is 20.9. The highest BCUT2D eigenvalue weighted by molar-refractivity contribution is 9.10. The first kappa shape index (κ1) is 22.0. The number of tetrazole rings is 1. The van der Waals surface area contributed by atoms with Gasteiger partial charge in [-0.25, -0.2) is 0 Å². The molecule has 2 heterocycles.